The van der Waals surface area contributed by atoms with E-state index in [0.717, 1.165) is 11.1 Å². The summed E-state index contributed by atoms with van der Waals surface area (Å²) in [5, 5.41) is 5.90. The number of nitrogens with one attached hydrogen (secondary N) is 1. The summed E-state index contributed by atoms with van der Waals surface area (Å²) >= 11 is 19.5. The van der Waals surface area contributed by atoms with E-state index in [1.165, 1.54) is 11.3 Å². The lowest BCUT2D eigenvalue weighted by Crippen LogP contribution is -2.10. The van der Waals surface area contributed by atoms with Crippen LogP contribution < -0.4 is 10.1 Å². The number of hydrogen-bond donors (Lipinski definition) is 1. The molecule has 0 atom stereocenters. The van der Waals surface area contributed by atoms with Crippen LogP contribution in [-0.4, -0.2) is 5.91 Å². The highest BCUT2D eigenvalue weighted by molar-refractivity contribution is 7.12. The van der Waals surface area contributed by atoms with Gasteiger partial charge in [-0.05, 0) is 48.2 Å². The van der Waals surface area contributed by atoms with Crippen molar-refractivity contribution in [3.63, 3.8) is 0 Å². The highest BCUT2D eigenvalue weighted by Crippen LogP contribution is 2.30. The minimum atomic E-state index is -0.251. The quantitative estimate of drug-likeness (QED) is 0.484. The summed E-state index contributed by atoms with van der Waals surface area (Å²) in [5.74, 6) is 0.369. The van der Waals surface area contributed by atoms with Gasteiger partial charge in [0.25, 0.3) is 5.91 Å². The number of anilines is 1. The second-order valence-corrected chi connectivity index (χ2v) is 7.70. The van der Waals surface area contributed by atoms with E-state index in [1.807, 2.05) is 24.4 Å². The van der Waals surface area contributed by atoms with Gasteiger partial charge in [-0.3, -0.25) is 4.79 Å². The summed E-state index contributed by atoms with van der Waals surface area (Å²) in [6, 6.07) is 12.5. The lowest BCUT2D eigenvalue weighted by Gasteiger charge is -2.08. The van der Waals surface area contributed by atoms with E-state index in [2.05, 4.69) is 5.32 Å². The Balaban J connectivity index is 1.66. The number of thiophene rings is 1. The number of benzene rings is 2. The SMILES string of the molecule is Cc1ccc(Cl)c(OCc2csc(C(=O)Nc3cccc(Cl)c3Cl)c2)c1. The Bertz CT molecular complexity index is 956. The fourth-order valence-electron chi connectivity index (χ4n) is 2.24. The number of amides is 1. The Morgan fingerprint density at radius 1 is 1.12 bits per heavy atom. The van der Waals surface area contributed by atoms with Crippen LogP contribution in [-0.2, 0) is 6.61 Å². The average molecular weight is 427 g/mol. The minimum absolute atomic E-state index is 0.251. The van der Waals surface area contributed by atoms with Gasteiger partial charge < -0.3 is 10.1 Å². The monoisotopic (exact) mass is 425 g/mol. The Kier molecular flexibility index (Phi) is 6.09. The third-order valence-corrected chi connectivity index (χ3v) is 5.67. The van der Waals surface area contributed by atoms with E-state index in [9.17, 15) is 4.79 Å². The molecule has 1 aromatic heterocycles. The van der Waals surface area contributed by atoms with Crippen LogP contribution in [0.25, 0.3) is 0 Å². The zero-order valence-corrected chi connectivity index (χ0v) is 16.8. The molecular formula is C19H14Cl3NO2S. The Morgan fingerprint density at radius 2 is 1.92 bits per heavy atom. The molecule has 0 bridgehead atoms. The normalized spacial score (nSPS) is 10.6. The third kappa shape index (κ3) is 4.51. The molecule has 3 nitrogen and oxygen atoms in total. The van der Waals surface area contributed by atoms with Crippen molar-refractivity contribution < 1.29 is 9.53 Å². The van der Waals surface area contributed by atoms with Crippen molar-refractivity contribution >= 4 is 57.7 Å². The van der Waals surface area contributed by atoms with Gasteiger partial charge in [0, 0.05) is 5.56 Å². The molecule has 1 N–H and O–H groups in total. The molecule has 3 rings (SSSR count). The van der Waals surface area contributed by atoms with Crippen LogP contribution in [0.15, 0.2) is 47.8 Å². The maximum absolute atomic E-state index is 12.4. The van der Waals surface area contributed by atoms with E-state index < -0.39 is 0 Å². The minimum Gasteiger partial charge on any atom is -0.487 e. The van der Waals surface area contributed by atoms with Gasteiger partial charge in [-0.25, -0.2) is 0 Å². The van der Waals surface area contributed by atoms with Crippen molar-refractivity contribution in [2.75, 3.05) is 5.32 Å². The predicted molar refractivity (Wildman–Crippen MR) is 109 cm³/mol. The zero-order valence-electron chi connectivity index (χ0n) is 13.7. The van der Waals surface area contributed by atoms with Gasteiger partial charge in [0.2, 0.25) is 0 Å². The van der Waals surface area contributed by atoms with E-state index in [-0.39, 0.29) is 5.91 Å². The number of rotatable bonds is 5. The molecule has 3 aromatic rings. The van der Waals surface area contributed by atoms with Crippen molar-refractivity contribution in [1.82, 2.24) is 0 Å². The van der Waals surface area contributed by atoms with Gasteiger partial charge in [-0.2, -0.15) is 0 Å². The molecule has 0 saturated carbocycles. The Morgan fingerprint density at radius 3 is 2.73 bits per heavy atom. The molecule has 0 aliphatic carbocycles. The molecule has 134 valence electrons. The smallest absolute Gasteiger partial charge is 0.265 e. The Labute approximate surface area is 170 Å². The topological polar surface area (TPSA) is 38.3 Å². The zero-order chi connectivity index (χ0) is 18.7. The van der Waals surface area contributed by atoms with Gasteiger partial charge in [0.05, 0.1) is 25.6 Å². The molecule has 26 heavy (non-hydrogen) atoms. The number of halogens is 3. The second kappa shape index (κ2) is 8.31. The van der Waals surface area contributed by atoms with Crippen LogP contribution in [0, 0.1) is 6.92 Å². The van der Waals surface area contributed by atoms with E-state index in [4.69, 9.17) is 39.5 Å². The van der Waals surface area contributed by atoms with Crippen molar-refractivity contribution in [1.29, 1.82) is 0 Å². The van der Waals surface area contributed by atoms with Crippen LogP contribution in [0.5, 0.6) is 5.75 Å². The molecule has 0 aliphatic rings. The second-order valence-electron chi connectivity index (χ2n) is 5.60. The summed E-state index contributed by atoms with van der Waals surface area (Å²) in [6.07, 6.45) is 0. The van der Waals surface area contributed by atoms with E-state index in [0.29, 0.717) is 38.0 Å². The standard InChI is InChI=1S/C19H14Cl3NO2S/c1-11-5-6-13(20)16(7-11)25-9-12-8-17(26-10-12)19(24)23-15-4-2-3-14(21)18(15)22/h2-8,10H,9H2,1H3,(H,23,24). The highest BCUT2D eigenvalue weighted by atomic mass is 35.5. The van der Waals surface area contributed by atoms with Crippen LogP contribution >= 0.6 is 46.1 Å². The molecule has 7 heteroatoms. The van der Waals surface area contributed by atoms with Crippen molar-refractivity contribution in [3.8, 4) is 5.75 Å². The van der Waals surface area contributed by atoms with Gasteiger partial charge in [-0.1, -0.05) is 46.9 Å². The average Bonchev–Trinajstić information content (AvgIpc) is 3.09. The molecular weight excluding hydrogens is 413 g/mol. The van der Waals surface area contributed by atoms with Gasteiger partial charge >= 0.3 is 0 Å². The fourth-order valence-corrected chi connectivity index (χ4v) is 3.55. The molecule has 1 heterocycles. The molecule has 0 radical (unpaired) electrons. The number of aryl methyl sites for hydroxylation is 1. The molecule has 1 amide bonds. The first kappa shape index (κ1) is 19.1. The van der Waals surface area contributed by atoms with Crippen molar-refractivity contribution in [2.45, 2.75) is 13.5 Å². The van der Waals surface area contributed by atoms with Gasteiger partial charge in [0.1, 0.15) is 12.4 Å². The summed E-state index contributed by atoms with van der Waals surface area (Å²) in [4.78, 5) is 13.0. The van der Waals surface area contributed by atoms with Gasteiger partial charge in [0.15, 0.2) is 0 Å². The van der Waals surface area contributed by atoms with E-state index in [1.54, 1.807) is 30.3 Å². The van der Waals surface area contributed by atoms with Crippen molar-refractivity contribution in [2.24, 2.45) is 0 Å². The summed E-state index contributed by atoms with van der Waals surface area (Å²) < 4.78 is 5.75. The number of carbonyl (C=O) groups excluding carboxylic acids is 1. The maximum Gasteiger partial charge on any atom is 0.265 e. The first-order valence-corrected chi connectivity index (χ1v) is 9.67. The summed E-state index contributed by atoms with van der Waals surface area (Å²) in [5.41, 5.74) is 2.42. The first-order chi connectivity index (χ1) is 12.4. The number of hydrogen-bond acceptors (Lipinski definition) is 3. The molecule has 0 saturated heterocycles. The lowest BCUT2D eigenvalue weighted by molar-refractivity contribution is 0.103. The predicted octanol–water partition coefficient (Wildman–Crippen LogP) is 6.85. The first-order valence-electron chi connectivity index (χ1n) is 7.66. The number of ether oxygens (including phenoxy) is 1. The molecule has 0 unspecified atom stereocenters. The summed E-state index contributed by atoms with van der Waals surface area (Å²) in [7, 11) is 0. The molecule has 2 aromatic carbocycles. The van der Waals surface area contributed by atoms with E-state index >= 15 is 0 Å². The van der Waals surface area contributed by atoms with Crippen LogP contribution in [0.2, 0.25) is 15.1 Å². The number of carbonyl (C=O) groups is 1. The third-order valence-electron chi connectivity index (χ3n) is 3.56. The molecule has 0 fully saturated rings. The maximum atomic E-state index is 12.4. The van der Waals surface area contributed by atoms with Crippen molar-refractivity contribution in [3.05, 3.63) is 78.9 Å². The van der Waals surface area contributed by atoms with Crippen LogP contribution in [0.4, 0.5) is 5.69 Å². The molecule has 0 aliphatic heterocycles. The Hall–Kier alpha value is -1.72. The van der Waals surface area contributed by atoms with Crippen LogP contribution in [0.1, 0.15) is 20.8 Å². The van der Waals surface area contributed by atoms with Gasteiger partial charge in [-0.15, -0.1) is 11.3 Å². The molecule has 0 spiro atoms. The lowest BCUT2D eigenvalue weighted by atomic mass is 10.2. The van der Waals surface area contributed by atoms with Crippen LogP contribution in [0.3, 0.4) is 0 Å². The summed E-state index contributed by atoms with van der Waals surface area (Å²) in [6.45, 7) is 2.29. The highest BCUT2D eigenvalue weighted by Gasteiger charge is 2.13. The fraction of sp³-hybridized carbons (Fsp3) is 0.105. The largest absolute Gasteiger partial charge is 0.487 e.